The summed E-state index contributed by atoms with van der Waals surface area (Å²) in [5, 5.41) is 21.3. The lowest BCUT2D eigenvalue weighted by Crippen LogP contribution is -2.45. The van der Waals surface area contributed by atoms with E-state index < -0.39 is 29.7 Å². The molecular weight excluding hydrogens is 580 g/mol. The van der Waals surface area contributed by atoms with Gasteiger partial charge in [0.2, 0.25) is 0 Å². The molecule has 2 heterocycles. The van der Waals surface area contributed by atoms with Crippen LogP contribution in [0.4, 0.5) is 14.6 Å². The Kier molecular flexibility index (Phi) is 11.2. The van der Waals surface area contributed by atoms with Crippen LogP contribution >= 0.6 is 11.6 Å². The van der Waals surface area contributed by atoms with E-state index in [1.165, 1.54) is 29.8 Å². The number of pyridine rings is 1. The summed E-state index contributed by atoms with van der Waals surface area (Å²) in [5.41, 5.74) is -0.826. The van der Waals surface area contributed by atoms with E-state index >= 15 is 0 Å². The van der Waals surface area contributed by atoms with Gasteiger partial charge in [-0.2, -0.15) is 22.3 Å². The zero-order valence-corrected chi connectivity index (χ0v) is 25.3. The third kappa shape index (κ3) is 9.17. The average Bonchev–Trinajstić information content (AvgIpc) is 3.64. The number of anilines is 1. The highest BCUT2D eigenvalue weighted by Gasteiger charge is 2.34. The molecule has 0 unspecified atom stereocenters. The van der Waals surface area contributed by atoms with Crippen molar-refractivity contribution < 1.29 is 31.8 Å². The van der Waals surface area contributed by atoms with E-state index in [0.717, 1.165) is 19.3 Å². The Bertz CT molecular complexity index is 1240. The first-order chi connectivity index (χ1) is 19.3. The number of aryl methyl sites for hydroxylation is 1. The fourth-order valence-corrected chi connectivity index (χ4v) is 5.52. The number of carbonyl (C=O) groups is 1. The average molecular weight is 618 g/mol. The third-order valence-electron chi connectivity index (χ3n) is 7.49. The zero-order valence-electron chi connectivity index (χ0n) is 23.7. The van der Waals surface area contributed by atoms with Crippen molar-refractivity contribution in [1.29, 1.82) is 0 Å². The second-order valence-corrected chi connectivity index (χ2v) is 12.1. The van der Waals surface area contributed by atoms with Gasteiger partial charge in [0.15, 0.2) is 5.69 Å². The van der Waals surface area contributed by atoms with Gasteiger partial charge < -0.3 is 20.5 Å². The molecule has 2 fully saturated rings. The highest BCUT2D eigenvalue weighted by atomic mass is 35.5. The summed E-state index contributed by atoms with van der Waals surface area (Å²) in [6, 6.07) is 1.43. The van der Waals surface area contributed by atoms with Gasteiger partial charge in [0.1, 0.15) is 11.6 Å². The third-order valence-corrected chi connectivity index (χ3v) is 7.85. The smallest absolute Gasteiger partial charge is 0.387 e. The number of carbonyl (C=O) groups excluding carboxylic acids is 1. The fraction of sp³-hybridized carbons (Fsp3) is 0.667. The highest BCUT2D eigenvalue weighted by Crippen LogP contribution is 2.40. The maximum atomic E-state index is 13.4. The summed E-state index contributed by atoms with van der Waals surface area (Å²) >= 11 is 5.89. The predicted octanol–water partition coefficient (Wildman–Crippen LogP) is 5.21. The first-order valence-electron chi connectivity index (χ1n) is 13.7. The summed E-state index contributed by atoms with van der Waals surface area (Å²) in [4.78, 5) is 17.5. The van der Waals surface area contributed by atoms with Crippen molar-refractivity contribution in [2.75, 3.05) is 11.9 Å². The molecule has 0 bridgehead atoms. The lowest BCUT2D eigenvalue weighted by atomic mass is 9.79. The van der Waals surface area contributed by atoms with Gasteiger partial charge in [-0.25, -0.2) is 4.98 Å². The van der Waals surface area contributed by atoms with Crippen LogP contribution in [0, 0.1) is 11.8 Å². The van der Waals surface area contributed by atoms with Crippen LogP contribution in [0.3, 0.4) is 0 Å². The Morgan fingerprint density at radius 3 is 2.49 bits per heavy atom. The Morgan fingerprint density at radius 1 is 1.29 bits per heavy atom. The number of halogens is 3. The van der Waals surface area contributed by atoms with Gasteiger partial charge in [0, 0.05) is 30.9 Å². The number of amides is 1. The predicted molar refractivity (Wildman–Crippen MR) is 152 cm³/mol. The molecule has 2 saturated carbocycles. The van der Waals surface area contributed by atoms with Crippen LogP contribution in [-0.4, -0.2) is 58.5 Å². The zero-order chi connectivity index (χ0) is 30.4. The Morgan fingerprint density at radius 2 is 1.93 bits per heavy atom. The molecule has 228 valence electrons. The summed E-state index contributed by atoms with van der Waals surface area (Å²) in [6.45, 7) is 5.39. The summed E-state index contributed by atoms with van der Waals surface area (Å²) in [5.74, 6) is 0.959. The molecule has 4 rings (SSSR count). The number of nitrogens with zero attached hydrogens (tertiary/aromatic N) is 3. The molecule has 0 aromatic carbocycles. The van der Waals surface area contributed by atoms with Crippen LogP contribution in [0.15, 0.2) is 12.3 Å². The Hall–Kier alpha value is -2.64. The van der Waals surface area contributed by atoms with Crippen molar-refractivity contribution in [3.05, 3.63) is 23.0 Å². The van der Waals surface area contributed by atoms with E-state index in [4.69, 9.17) is 24.8 Å². The molecule has 2 aliphatic rings. The lowest BCUT2D eigenvalue weighted by molar-refractivity contribution is -0.0494. The van der Waals surface area contributed by atoms with E-state index in [-0.39, 0.29) is 39.8 Å². The molecule has 10 nitrogen and oxygen atoms in total. The molecular formula is C27H38ClF2N5O5S. The maximum Gasteiger partial charge on any atom is 0.387 e. The van der Waals surface area contributed by atoms with E-state index in [1.54, 1.807) is 6.92 Å². The van der Waals surface area contributed by atoms with Crippen molar-refractivity contribution in [2.45, 2.75) is 96.9 Å². The van der Waals surface area contributed by atoms with Crippen molar-refractivity contribution in [3.63, 3.8) is 0 Å². The summed E-state index contributed by atoms with van der Waals surface area (Å²) in [7, 11) is 0. The monoisotopic (exact) mass is 617 g/mol. The van der Waals surface area contributed by atoms with Crippen LogP contribution in [0.1, 0.15) is 83.1 Å². The Balaban J connectivity index is 0.00000147. The summed E-state index contributed by atoms with van der Waals surface area (Å²) in [6.07, 6.45) is 7.76. The van der Waals surface area contributed by atoms with Gasteiger partial charge >= 0.3 is 18.2 Å². The minimum absolute atomic E-state index is 0.00398. The molecule has 41 heavy (non-hydrogen) atoms. The molecule has 2 aliphatic carbocycles. The number of hydrogen-bond acceptors (Lipinski definition) is 8. The number of rotatable bonds is 11. The Labute approximate surface area is 247 Å². The van der Waals surface area contributed by atoms with Gasteiger partial charge in [-0.1, -0.05) is 31.4 Å². The van der Waals surface area contributed by atoms with Gasteiger partial charge in [-0.05, 0) is 64.7 Å². The normalized spacial score (nSPS) is 20.7. The molecule has 2 aromatic rings. The molecule has 0 saturated heterocycles. The molecule has 2 aromatic heterocycles. The van der Waals surface area contributed by atoms with Crippen LogP contribution in [0.2, 0.25) is 5.02 Å². The maximum absolute atomic E-state index is 13.4. The minimum Gasteiger partial charge on any atom is -0.434 e. The number of aliphatic hydroxyl groups is 1. The number of hydrogen-bond donors (Lipinski definition) is 3. The van der Waals surface area contributed by atoms with E-state index in [2.05, 4.69) is 27.6 Å². The van der Waals surface area contributed by atoms with Crippen LogP contribution < -0.4 is 15.4 Å². The van der Waals surface area contributed by atoms with Crippen molar-refractivity contribution in [1.82, 2.24) is 20.1 Å². The largest absolute Gasteiger partial charge is 0.434 e. The number of nitrogens with one attached hydrogen (secondary N) is 2. The van der Waals surface area contributed by atoms with E-state index in [9.17, 15) is 18.7 Å². The van der Waals surface area contributed by atoms with Gasteiger partial charge in [-0.3, -0.25) is 9.48 Å². The van der Waals surface area contributed by atoms with Crippen molar-refractivity contribution in [3.8, 4) is 17.0 Å². The summed E-state index contributed by atoms with van der Waals surface area (Å²) < 4.78 is 49.8. The molecule has 0 atom stereocenters. The molecule has 1 amide bonds. The molecule has 3 N–H and O–H groups in total. The van der Waals surface area contributed by atoms with Crippen LogP contribution in [-0.2, 0) is 18.1 Å². The first-order valence-corrected chi connectivity index (χ1v) is 14.8. The van der Waals surface area contributed by atoms with Gasteiger partial charge in [-0.15, -0.1) is 0 Å². The standard InChI is InChI=1S/C27H38ClF2N5O3.O2S/c1-5-35-23(21(28)22(34-35)24(36)32-15-27(37)10-8-16(2)9-11-27)18-14-31-20(12-19(18)38-25(29)30)33-26(3,4)13-17-6-7-17;1-3-2/h12,14,16-17,25,37H,5-11,13,15H2,1-4H3,(H,31,33)(H,32,36);. The number of ether oxygens (including phenoxy) is 1. The van der Waals surface area contributed by atoms with E-state index in [1.807, 2.05) is 13.8 Å². The van der Waals surface area contributed by atoms with Crippen LogP contribution in [0.25, 0.3) is 11.3 Å². The topological polar surface area (TPSA) is 135 Å². The van der Waals surface area contributed by atoms with Gasteiger partial charge in [0.05, 0.1) is 21.9 Å². The van der Waals surface area contributed by atoms with Gasteiger partial charge in [0.25, 0.3) is 5.91 Å². The van der Waals surface area contributed by atoms with Crippen molar-refractivity contribution in [2.24, 2.45) is 11.8 Å². The minimum atomic E-state index is -3.07. The highest BCUT2D eigenvalue weighted by molar-refractivity contribution is 7.51. The molecule has 0 radical (unpaired) electrons. The van der Waals surface area contributed by atoms with Crippen LogP contribution in [0.5, 0.6) is 5.75 Å². The SMILES string of the molecule is CCn1nc(C(=O)NCC2(O)CCC(C)CC2)c(Cl)c1-c1cnc(NC(C)(C)CC2CC2)cc1OC(F)F.O=S=O. The second kappa shape index (κ2) is 14.0. The first kappa shape index (κ1) is 32.9. The number of alkyl halides is 2. The van der Waals surface area contributed by atoms with Crippen molar-refractivity contribution >= 4 is 34.9 Å². The molecule has 0 spiro atoms. The molecule has 0 aliphatic heterocycles. The molecule has 14 heteroatoms. The number of aromatic nitrogens is 3. The fourth-order valence-electron chi connectivity index (χ4n) is 5.19. The lowest BCUT2D eigenvalue weighted by Gasteiger charge is -2.34. The second-order valence-electron chi connectivity index (χ2n) is 11.6. The quantitative estimate of drug-likeness (QED) is 0.313. The van der Waals surface area contributed by atoms with E-state index in [0.29, 0.717) is 37.0 Å².